The summed E-state index contributed by atoms with van der Waals surface area (Å²) < 4.78 is 0. The Morgan fingerprint density at radius 1 is 0.960 bits per heavy atom. The van der Waals surface area contributed by atoms with Gasteiger partial charge < -0.3 is 21.7 Å². The van der Waals surface area contributed by atoms with Crippen LogP contribution in [-0.4, -0.2) is 53.5 Å². The monoisotopic (exact) mass is 359 g/mol. The number of nitrogens with one attached hydrogen (secondary N) is 4. The molecule has 7 N–H and O–H groups in total. The lowest BCUT2D eigenvalue weighted by Crippen LogP contribution is -2.54. The molecule has 144 valence electrons. The number of rotatable bonds is 11. The highest BCUT2D eigenvalue weighted by atomic mass is 16.5. The molecule has 0 saturated heterocycles. The zero-order valence-electron chi connectivity index (χ0n) is 14.9. The van der Waals surface area contributed by atoms with E-state index in [0.717, 1.165) is 6.42 Å². The van der Waals surface area contributed by atoms with Crippen LogP contribution in [0.15, 0.2) is 0 Å². The van der Waals surface area contributed by atoms with Crippen molar-refractivity contribution in [2.45, 2.75) is 64.6 Å². The van der Waals surface area contributed by atoms with Crippen LogP contribution >= 0.6 is 0 Å². The summed E-state index contributed by atoms with van der Waals surface area (Å²) in [6.45, 7) is 4.83. The van der Waals surface area contributed by atoms with Crippen molar-refractivity contribution in [3.8, 4) is 0 Å². The zero-order valence-corrected chi connectivity index (χ0v) is 14.9. The summed E-state index contributed by atoms with van der Waals surface area (Å²) in [7, 11) is 0. The first-order chi connectivity index (χ1) is 11.8. The third-order valence-corrected chi connectivity index (χ3v) is 3.45. The average Bonchev–Trinajstić information content (AvgIpc) is 2.58. The van der Waals surface area contributed by atoms with Crippen molar-refractivity contribution < 1.29 is 24.4 Å². The minimum absolute atomic E-state index is 0.295. The van der Waals surface area contributed by atoms with Crippen LogP contribution in [0, 0.1) is 0 Å². The lowest BCUT2D eigenvalue weighted by Gasteiger charge is -2.20. The van der Waals surface area contributed by atoms with Crippen molar-refractivity contribution in [3.05, 3.63) is 0 Å². The molecular formula is C15H29N5O5. The summed E-state index contributed by atoms with van der Waals surface area (Å²) in [6.07, 6.45) is 2.24. The molecule has 0 aliphatic heterocycles. The van der Waals surface area contributed by atoms with Gasteiger partial charge in [0.1, 0.15) is 12.1 Å². The van der Waals surface area contributed by atoms with Crippen LogP contribution in [0.25, 0.3) is 0 Å². The Balaban J connectivity index is 4.54. The van der Waals surface area contributed by atoms with Gasteiger partial charge in [-0.15, -0.1) is 0 Å². The highest BCUT2D eigenvalue weighted by molar-refractivity contribution is 5.93. The predicted octanol–water partition coefficient (Wildman–Crippen LogP) is -1.47. The van der Waals surface area contributed by atoms with E-state index in [1.54, 1.807) is 0 Å². The van der Waals surface area contributed by atoms with Crippen LogP contribution in [0.4, 0.5) is 0 Å². The van der Waals surface area contributed by atoms with E-state index in [0.29, 0.717) is 19.3 Å². The van der Waals surface area contributed by atoms with Crippen LogP contribution in [0.3, 0.4) is 0 Å². The molecule has 0 unspecified atom stereocenters. The van der Waals surface area contributed by atoms with E-state index in [1.165, 1.54) is 12.4 Å². The summed E-state index contributed by atoms with van der Waals surface area (Å²) in [5, 5.41) is 15.8. The maximum Gasteiger partial charge on any atom is 0.265 e. The van der Waals surface area contributed by atoms with Crippen molar-refractivity contribution in [1.29, 1.82) is 0 Å². The van der Waals surface area contributed by atoms with E-state index in [2.05, 4.69) is 16.0 Å². The van der Waals surface area contributed by atoms with E-state index < -0.39 is 41.8 Å². The molecule has 0 aromatic heterocycles. The number of nitrogens with two attached hydrogens (primary N) is 1. The Labute approximate surface area is 147 Å². The van der Waals surface area contributed by atoms with Gasteiger partial charge in [0.2, 0.25) is 17.7 Å². The van der Waals surface area contributed by atoms with Gasteiger partial charge in [0.05, 0.1) is 12.6 Å². The molecule has 0 aliphatic rings. The first-order valence-electron chi connectivity index (χ1n) is 8.33. The number of hydrogen-bond acceptors (Lipinski definition) is 6. The summed E-state index contributed by atoms with van der Waals surface area (Å²) in [6, 6.07) is -2.49. The molecule has 0 fully saturated rings. The largest absolute Gasteiger partial charge is 0.346 e. The van der Waals surface area contributed by atoms with Gasteiger partial charge in [-0.2, -0.15) is 0 Å². The quantitative estimate of drug-likeness (QED) is 0.195. The maximum absolute atomic E-state index is 12.1. The third kappa shape index (κ3) is 9.01. The Kier molecular flexibility index (Phi) is 11.1. The third-order valence-electron chi connectivity index (χ3n) is 3.45. The smallest absolute Gasteiger partial charge is 0.265 e. The lowest BCUT2D eigenvalue weighted by molar-refractivity contribution is -0.135. The molecule has 0 rings (SSSR count). The molecule has 0 bridgehead atoms. The average molecular weight is 359 g/mol. The Bertz CT molecular complexity index is 471. The van der Waals surface area contributed by atoms with E-state index in [9.17, 15) is 19.2 Å². The molecule has 0 aromatic rings. The number of carbonyl (C=O) groups excluding carboxylic acids is 4. The molecule has 0 spiro atoms. The molecular weight excluding hydrogens is 330 g/mol. The van der Waals surface area contributed by atoms with Gasteiger partial charge >= 0.3 is 0 Å². The van der Waals surface area contributed by atoms with Gasteiger partial charge in [-0.25, -0.2) is 5.48 Å². The molecule has 0 radical (unpaired) electrons. The van der Waals surface area contributed by atoms with Gasteiger partial charge in [0, 0.05) is 0 Å². The molecule has 10 heteroatoms. The van der Waals surface area contributed by atoms with E-state index in [4.69, 9.17) is 10.9 Å². The van der Waals surface area contributed by atoms with Gasteiger partial charge in [0.25, 0.3) is 5.91 Å². The van der Waals surface area contributed by atoms with Crippen LogP contribution < -0.4 is 27.2 Å². The van der Waals surface area contributed by atoms with Crippen LogP contribution in [-0.2, 0) is 19.2 Å². The maximum atomic E-state index is 12.1. The highest BCUT2D eigenvalue weighted by Gasteiger charge is 2.24. The molecule has 0 aromatic carbocycles. The van der Waals surface area contributed by atoms with E-state index >= 15 is 0 Å². The van der Waals surface area contributed by atoms with Crippen molar-refractivity contribution in [2.75, 3.05) is 6.54 Å². The second-order valence-corrected chi connectivity index (χ2v) is 5.73. The minimum Gasteiger partial charge on any atom is -0.346 e. The number of amides is 4. The fourth-order valence-electron chi connectivity index (χ4n) is 2.02. The molecule has 0 saturated carbocycles. The van der Waals surface area contributed by atoms with Crippen LogP contribution in [0.1, 0.15) is 46.5 Å². The van der Waals surface area contributed by atoms with Crippen LogP contribution in [0.2, 0.25) is 0 Å². The molecule has 3 atom stereocenters. The van der Waals surface area contributed by atoms with Crippen molar-refractivity contribution in [3.63, 3.8) is 0 Å². The standard InChI is InChI=1S/C15H29N5O5/c1-4-6-10(16)14(23)17-8-12(21)19-11(7-5-2)15(24)18-9(3)13(22)20-25/h9-11,25H,4-8,16H2,1-3H3,(H,17,23)(H,18,24)(H,19,21)(H,20,22)/t9-,10-,11-/m0/s1. The highest BCUT2D eigenvalue weighted by Crippen LogP contribution is 1.98. The number of carbonyl (C=O) groups is 4. The van der Waals surface area contributed by atoms with Gasteiger partial charge in [0.15, 0.2) is 0 Å². The van der Waals surface area contributed by atoms with E-state index in [1.807, 2.05) is 13.8 Å². The molecule has 25 heavy (non-hydrogen) atoms. The van der Waals surface area contributed by atoms with Crippen molar-refractivity contribution in [1.82, 2.24) is 21.4 Å². The number of hydrogen-bond donors (Lipinski definition) is 6. The Morgan fingerprint density at radius 2 is 1.56 bits per heavy atom. The first kappa shape index (κ1) is 22.8. The zero-order chi connectivity index (χ0) is 19.4. The fourth-order valence-corrected chi connectivity index (χ4v) is 2.02. The molecule has 10 nitrogen and oxygen atoms in total. The van der Waals surface area contributed by atoms with E-state index in [-0.39, 0.29) is 6.54 Å². The van der Waals surface area contributed by atoms with Crippen molar-refractivity contribution >= 4 is 23.6 Å². The first-order valence-corrected chi connectivity index (χ1v) is 8.33. The van der Waals surface area contributed by atoms with Crippen LogP contribution in [0.5, 0.6) is 0 Å². The van der Waals surface area contributed by atoms with Crippen molar-refractivity contribution in [2.24, 2.45) is 5.73 Å². The molecule has 0 aliphatic carbocycles. The normalized spacial score (nSPS) is 14.0. The summed E-state index contributed by atoms with van der Waals surface area (Å²) in [4.78, 5) is 47.0. The van der Waals surface area contributed by atoms with Gasteiger partial charge in [-0.05, 0) is 19.8 Å². The summed E-state index contributed by atoms with van der Waals surface area (Å²) in [5.74, 6) is -2.29. The summed E-state index contributed by atoms with van der Waals surface area (Å²) >= 11 is 0. The predicted molar refractivity (Wildman–Crippen MR) is 90.3 cm³/mol. The topological polar surface area (TPSA) is 163 Å². The van der Waals surface area contributed by atoms with Gasteiger partial charge in [-0.3, -0.25) is 24.4 Å². The Morgan fingerprint density at radius 3 is 2.08 bits per heavy atom. The van der Waals surface area contributed by atoms with Gasteiger partial charge in [-0.1, -0.05) is 26.7 Å². The fraction of sp³-hybridized carbons (Fsp3) is 0.733. The Hall–Kier alpha value is -2.20. The second kappa shape index (κ2) is 12.2. The lowest BCUT2D eigenvalue weighted by atomic mass is 10.1. The molecule has 0 heterocycles. The minimum atomic E-state index is -0.958. The molecule has 4 amide bonds. The summed E-state index contributed by atoms with van der Waals surface area (Å²) in [5.41, 5.74) is 7.08. The SMILES string of the molecule is CCC[C@H](NC(=O)CNC(=O)[C@@H](N)CCC)C(=O)N[C@@H](C)C(=O)NO. The second-order valence-electron chi connectivity index (χ2n) is 5.73. The number of hydroxylamine groups is 1.